The molecular weight excluding hydrogens is 176 g/mol. The number of carbonyl (C=O) groups is 1. The van der Waals surface area contributed by atoms with Gasteiger partial charge >= 0.3 is 0 Å². The van der Waals surface area contributed by atoms with Crippen molar-refractivity contribution in [1.82, 2.24) is 0 Å². The van der Waals surface area contributed by atoms with Crippen molar-refractivity contribution in [2.45, 2.75) is 19.8 Å². The molecule has 0 fully saturated rings. The maximum atomic E-state index is 11.2. The quantitative estimate of drug-likeness (QED) is 0.741. The Balaban J connectivity index is 2.69. The van der Waals surface area contributed by atoms with Gasteiger partial charge in [-0.25, -0.2) is 0 Å². The van der Waals surface area contributed by atoms with E-state index in [1.807, 2.05) is 13.0 Å². The molecule has 0 radical (unpaired) electrons. The fourth-order valence-corrected chi connectivity index (χ4v) is 1.14. The number of phenolic OH excluding ortho intramolecular Hbond substituents is 1. The van der Waals surface area contributed by atoms with E-state index in [0.717, 1.165) is 6.42 Å². The Hall–Kier alpha value is -1.57. The second-order valence-electron chi connectivity index (χ2n) is 3.11. The molecule has 0 aromatic heterocycles. The fourth-order valence-electron chi connectivity index (χ4n) is 1.14. The van der Waals surface area contributed by atoms with Gasteiger partial charge in [-0.05, 0) is 24.6 Å². The minimum Gasteiger partial charge on any atom is -0.507 e. The molecule has 0 aliphatic heterocycles. The summed E-state index contributed by atoms with van der Waals surface area (Å²) in [6.07, 6.45) is 4.57. The lowest BCUT2D eigenvalue weighted by molar-refractivity contribution is -0.114. The summed E-state index contributed by atoms with van der Waals surface area (Å²) in [5, 5.41) is 9.39. The molecule has 0 atom stereocenters. The predicted molar refractivity (Wildman–Crippen MR) is 57.1 cm³/mol. The second-order valence-corrected chi connectivity index (χ2v) is 3.11. The van der Waals surface area contributed by atoms with E-state index in [1.165, 1.54) is 6.08 Å². The predicted octanol–water partition coefficient (Wildman–Crippen LogP) is 2.77. The Kier molecular flexibility index (Phi) is 3.92. The van der Waals surface area contributed by atoms with Crippen molar-refractivity contribution in [3.63, 3.8) is 0 Å². The highest BCUT2D eigenvalue weighted by atomic mass is 16.3. The molecule has 1 aromatic carbocycles. The van der Waals surface area contributed by atoms with Crippen molar-refractivity contribution in [3.8, 4) is 5.75 Å². The van der Waals surface area contributed by atoms with E-state index in [9.17, 15) is 9.90 Å². The third kappa shape index (κ3) is 3.05. The summed E-state index contributed by atoms with van der Waals surface area (Å²) < 4.78 is 0. The summed E-state index contributed by atoms with van der Waals surface area (Å²) in [5.41, 5.74) is 0.678. The molecule has 2 heteroatoms. The molecule has 74 valence electrons. The van der Waals surface area contributed by atoms with Crippen LogP contribution in [-0.2, 0) is 4.79 Å². The summed E-state index contributed by atoms with van der Waals surface area (Å²) in [6, 6.07) is 6.94. The van der Waals surface area contributed by atoms with E-state index in [2.05, 4.69) is 0 Å². The number of phenols is 1. The Bertz CT molecular complexity index is 340. The van der Waals surface area contributed by atoms with Crippen LogP contribution in [0.4, 0.5) is 0 Å². The van der Waals surface area contributed by atoms with E-state index in [-0.39, 0.29) is 11.5 Å². The van der Waals surface area contributed by atoms with Crippen molar-refractivity contribution in [3.05, 3.63) is 35.9 Å². The van der Waals surface area contributed by atoms with Crippen molar-refractivity contribution >= 4 is 11.9 Å². The van der Waals surface area contributed by atoms with Crippen LogP contribution in [0.15, 0.2) is 30.3 Å². The van der Waals surface area contributed by atoms with Gasteiger partial charge in [0, 0.05) is 12.0 Å². The molecule has 0 heterocycles. The summed E-state index contributed by atoms with van der Waals surface area (Å²) in [4.78, 5) is 11.2. The van der Waals surface area contributed by atoms with Crippen LogP contribution in [0, 0.1) is 0 Å². The van der Waals surface area contributed by atoms with Gasteiger partial charge in [0.05, 0.1) is 0 Å². The summed E-state index contributed by atoms with van der Waals surface area (Å²) in [6.45, 7) is 1.96. The lowest BCUT2D eigenvalue weighted by atomic mass is 10.1. The van der Waals surface area contributed by atoms with E-state index in [0.29, 0.717) is 12.0 Å². The lowest BCUT2D eigenvalue weighted by Gasteiger charge is -1.96. The monoisotopic (exact) mass is 190 g/mol. The Labute approximate surface area is 83.9 Å². The molecule has 1 rings (SSSR count). The molecule has 0 spiro atoms. The summed E-state index contributed by atoms with van der Waals surface area (Å²) in [7, 11) is 0. The van der Waals surface area contributed by atoms with Crippen molar-refractivity contribution < 1.29 is 9.90 Å². The van der Waals surface area contributed by atoms with Gasteiger partial charge < -0.3 is 5.11 Å². The third-order valence-corrected chi connectivity index (χ3v) is 1.88. The van der Waals surface area contributed by atoms with Crippen LogP contribution in [0.1, 0.15) is 25.3 Å². The van der Waals surface area contributed by atoms with Crippen LogP contribution in [0.3, 0.4) is 0 Å². The minimum absolute atomic E-state index is 0.0933. The molecule has 0 aliphatic carbocycles. The van der Waals surface area contributed by atoms with Gasteiger partial charge in [0.25, 0.3) is 0 Å². The van der Waals surface area contributed by atoms with E-state index in [4.69, 9.17) is 0 Å². The van der Waals surface area contributed by atoms with Crippen LogP contribution in [0.2, 0.25) is 0 Å². The Morgan fingerprint density at radius 1 is 1.43 bits per heavy atom. The standard InChI is InChI=1S/C12H14O2/c1-2-5-11(13)9-8-10-6-3-4-7-12(10)14/h3-4,6-9,14H,2,5H2,1H3/b9-8+. The number of hydrogen-bond acceptors (Lipinski definition) is 2. The molecule has 0 bridgehead atoms. The van der Waals surface area contributed by atoms with Gasteiger partial charge in [0.1, 0.15) is 5.75 Å². The molecule has 2 nitrogen and oxygen atoms in total. The first-order chi connectivity index (χ1) is 6.74. The van der Waals surface area contributed by atoms with Crippen LogP contribution >= 0.6 is 0 Å². The van der Waals surface area contributed by atoms with Crippen LogP contribution in [0.5, 0.6) is 5.75 Å². The smallest absolute Gasteiger partial charge is 0.155 e. The first kappa shape index (κ1) is 10.5. The van der Waals surface area contributed by atoms with Crippen molar-refractivity contribution in [2.24, 2.45) is 0 Å². The fraction of sp³-hybridized carbons (Fsp3) is 0.250. The molecule has 0 saturated carbocycles. The number of aromatic hydroxyl groups is 1. The third-order valence-electron chi connectivity index (χ3n) is 1.88. The van der Waals surface area contributed by atoms with E-state index >= 15 is 0 Å². The SMILES string of the molecule is CCCC(=O)/C=C/c1ccccc1O. The maximum Gasteiger partial charge on any atom is 0.155 e. The molecule has 0 aliphatic rings. The van der Waals surface area contributed by atoms with Crippen LogP contribution in [0.25, 0.3) is 6.08 Å². The number of benzene rings is 1. The van der Waals surface area contributed by atoms with Gasteiger partial charge in [0.15, 0.2) is 5.78 Å². The van der Waals surface area contributed by atoms with Gasteiger partial charge in [-0.2, -0.15) is 0 Å². The molecule has 0 saturated heterocycles. The summed E-state index contributed by atoms with van der Waals surface area (Å²) in [5.74, 6) is 0.295. The highest BCUT2D eigenvalue weighted by molar-refractivity contribution is 5.93. The zero-order chi connectivity index (χ0) is 10.4. The zero-order valence-electron chi connectivity index (χ0n) is 8.23. The van der Waals surface area contributed by atoms with Crippen molar-refractivity contribution in [1.29, 1.82) is 0 Å². The number of hydrogen-bond donors (Lipinski definition) is 1. The average Bonchev–Trinajstić information content (AvgIpc) is 2.17. The van der Waals surface area contributed by atoms with Crippen molar-refractivity contribution in [2.75, 3.05) is 0 Å². The molecule has 1 aromatic rings. The second kappa shape index (κ2) is 5.22. The molecule has 1 N–H and O–H groups in total. The first-order valence-corrected chi connectivity index (χ1v) is 4.73. The Morgan fingerprint density at radius 2 is 2.14 bits per heavy atom. The topological polar surface area (TPSA) is 37.3 Å². The van der Waals surface area contributed by atoms with Crippen LogP contribution in [-0.4, -0.2) is 10.9 Å². The molecule has 0 unspecified atom stereocenters. The number of carbonyl (C=O) groups excluding carboxylic acids is 1. The number of para-hydroxylation sites is 1. The largest absolute Gasteiger partial charge is 0.507 e. The van der Waals surface area contributed by atoms with Gasteiger partial charge in [-0.1, -0.05) is 25.1 Å². The maximum absolute atomic E-state index is 11.2. The molecular formula is C12H14O2. The Morgan fingerprint density at radius 3 is 2.79 bits per heavy atom. The number of ketones is 1. The van der Waals surface area contributed by atoms with Gasteiger partial charge in [-0.15, -0.1) is 0 Å². The zero-order valence-corrected chi connectivity index (χ0v) is 8.23. The normalized spacial score (nSPS) is 10.6. The number of rotatable bonds is 4. The lowest BCUT2D eigenvalue weighted by Crippen LogP contribution is -1.89. The molecule has 14 heavy (non-hydrogen) atoms. The highest BCUT2D eigenvalue weighted by Crippen LogP contribution is 2.16. The van der Waals surface area contributed by atoms with Gasteiger partial charge in [-0.3, -0.25) is 4.79 Å². The first-order valence-electron chi connectivity index (χ1n) is 4.73. The van der Waals surface area contributed by atoms with Gasteiger partial charge in [0.2, 0.25) is 0 Å². The van der Waals surface area contributed by atoms with E-state index < -0.39 is 0 Å². The van der Waals surface area contributed by atoms with Crippen LogP contribution < -0.4 is 0 Å². The summed E-state index contributed by atoms with van der Waals surface area (Å²) >= 11 is 0. The minimum atomic E-state index is 0.0933. The number of allylic oxidation sites excluding steroid dienone is 1. The highest BCUT2D eigenvalue weighted by Gasteiger charge is 1.96. The molecule has 0 amide bonds. The average molecular weight is 190 g/mol. The van der Waals surface area contributed by atoms with E-state index in [1.54, 1.807) is 24.3 Å².